The standard InChI is InChI=1S/C15H22N4O2/c1-11(2)13-5-4-6-19(13)9-12-7-16-15(17-8-12)18(3)10-14(20)21/h4-5,7-8,11,13H,6,9-10H2,1-3H3,(H,20,21). The van der Waals surface area contributed by atoms with E-state index in [1.54, 1.807) is 19.4 Å². The van der Waals surface area contributed by atoms with Crippen molar-refractivity contribution in [3.05, 3.63) is 30.1 Å². The van der Waals surface area contributed by atoms with Crippen LogP contribution in [0.4, 0.5) is 5.95 Å². The van der Waals surface area contributed by atoms with Crippen LogP contribution in [0.2, 0.25) is 0 Å². The van der Waals surface area contributed by atoms with E-state index in [1.807, 2.05) is 0 Å². The molecule has 6 nitrogen and oxygen atoms in total. The minimum atomic E-state index is -0.895. The molecular weight excluding hydrogens is 268 g/mol. The number of rotatable bonds is 6. The number of anilines is 1. The third kappa shape index (κ3) is 4.01. The second kappa shape index (κ2) is 6.67. The van der Waals surface area contributed by atoms with Crippen molar-refractivity contribution < 1.29 is 9.90 Å². The quantitative estimate of drug-likeness (QED) is 0.799. The zero-order valence-corrected chi connectivity index (χ0v) is 12.7. The van der Waals surface area contributed by atoms with Gasteiger partial charge in [0.05, 0.1) is 0 Å². The van der Waals surface area contributed by atoms with Crippen LogP contribution in [-0.4, -0.2) is 52.1 Å². The van der Waals surface area contributed by atoms with Crippen LogP contribution >= 0.6 is 0 Å². The van der Waals surface area contributed by atoms with E-state index in [0.717, 1.165) is 18.7 Å². The molecule has 0 bridgehead atoms. The summed E-state index contributed by atoms with van der Waals surface area (Å²) in [6.07, 6.45) is 7.99. The number of carboxylic acid groups (broad SMARTS) is 1. The van der Waals surface area contributed by atoms with E-state index in [-0.39, 0.29) is 6.54 Å². The molecule has 1 aliphatic rings. The molecule has 1 aliphatic heterocycles. The summed E-state index contributed by atoms with van der Waals surface area (Å²) >= 11 is 0. The Balaban J connectivity index is 1.98. The first-order valence-electron chi connectivity index (χ1n) is 7.12. The first kappa shape index (κ1) is 15.4. The van der Waals surface area contributed by atoms with Crippen LogP contribution in [0.25, 0.3) is 0 Å². The second-order valence-electron chi connectivity index (χ2n) is 5.73. The van der Waals surface area contributed by atoms with Crippen LogP contribution in [0.15, 0.2) is 24.5 Å². The first-order valence-corrected chi connectivity index (χ1v) is 7.12. The van der Waals surface area contributed by atoms with E-state index in [0.29, 0.717) is 17.9 Å². The van der Waals surface area contributed by atoms with Crippen LogP contribution in [0.5, 0.6) is 0 Å². The summed E-state index contributed by atoms with van der Waals surface area (Å²) in [5.74, 6) is 0.111. The maximum Gasteiger partial charge on any atom is 0.323 e. The summed E-state index contributed by atoms with van der Waals surface area (Å²) in [6, 6.07) is 0.458. The molecule has 0 aliphatic carbocycles. The third-order valence-corrected chi connectivity index (χ3v) is 3.57. The monoisotopic (exact) mass is 290 g/mol. The van der Waals surface area contributed by atoms with Gasteiger partial charge in [0.2, 0.25) is 5.95 Å². The van der Waals surface area contributed by atoms with E-state index in [4.69, 9.17) is 5.11 Å². The Labute approximate surface area is 125 Å². The van der Waals surface area contributed by atoms with Crippen molar-refractivity contribution in [3.63, 3.8) is 0 Å². The minimum Gasteiger partial charge on any atom is -0.480 e. The Morgan fingerprint density at radius 3 is 2.71 bits per heavy atom. The van der Waals surface area contributed by atoms with E-state index in [2.05, 4.69) is 40.9 Å². The molecule has 21 heavy (non-hydrogen) atoms. The summed E-state index contributed by atoms with van der Waals surface area (Å²) in [5, 5.41) is 8.76. The number of carboxylic acids is 1. The number of likely N-dealkylation sites (N-methyl/N-ethyl adjacent to an activating group) is 1. The summed E-state index contributed by atoms with van der Waals surface area (Å²) in [7, 11) is 1.67. The predicted molar refractivity (Wildman–Crippen MR) is 81.1 cm³/mol. The van der Waals surface area contributed by atoms with Crippen molar-refractivity contribution in [1.82, 2.24) is 14.9 Å². The topological polar surface area (TPSA) is 69.6 Å². The number of hydrogen-bond acceptors (Lipinski definition) is 5. The smallest absolute Gasteiger partial charge is 0.323 e. The largest absolute Gasteiger partial charge is 0.480 e. The maximum absolute atomic E-state index is 10.7. The molecule has 114 valence electrons. The summed E-state index contributed by atoms with van der Waals surface area (Å²) < 4.78 is 0. The van der Waals surface area contributed by atoms with E-state index >= 15 is 0 Å². The third-order valence-electron chi connectivity index (χ3n) is 3.57. The molecule has 1 unspecified atom stereocenters. The van der Waals surface area contributed by atoms with Gasteiger partial charge in [-0.15, -0.1) is 0 Å². The lowest BCUT2D eigenvalue weighted by molar-refractivity contribution is -0.135. The van der Waals surface area contributed by atoms with Gasteiger partial charge in [0.25, 0.3) is 0 Å². The van der Waals surface area contributed by atoms with Gasteiger partial charge in [0, 0.05) is 44.1 Å². The first-order chi connectivity index (χ1) is 9.97. The fourth-order valence-electron chi connectivity index (χ4n) is 2.53. The van der Waals surface area contributed by atoms with Gasteiger partial charge in [-0.2, -0.15) is 0 Å². The van der Waals surface area contributed by atoms with Crippen LogP contribution in [0, 0.1) is 5.92 Å². The molecule has 0 saturated carbocycles. The number of carbonyl (C=O) groups is 1. The number of aliphatic carboxylic acids is 1. The maximum atomic E-state index is 10.7. The summed E-state index contributed by atoms with van der Waals surface area (Å²) in [6.45, 7) is 6.08. The SMILES string of the molecule is CC(C)C1C=CCN1Cc1cnc(N(C)CC(=O)O)nc1. The zero-order valence-electron chi connectivity index (χ0n) is 12.7. The van der Waals surface area contributed by atoms with Gasteiger partial charge >= 0.3 is 5.97 Å². The van der Waals surface area contributed by atoms with Crippen LogP contribution in [0.3, 0.4) is 0 Å². The van der Waals surface area contributed by atoms with Crippen LogP contribution in [-0.2, 0) is 11.3 Å². The highest BCUT2D eigenvalue weighted by molar-refractivity contribution is 5.72. The van der Waals surface area contributed by atoms with Crippen molar-refractivity contribution in [2.45, 2.75) is 26.4 Å². The van der Waals surface area contributed by atoms with E-state index < -0.39 is 5.97 Å². The van der Waals surface area contributed by atoms with Crippen LogP contribution < -0.4 is 4.90 Å². The molecule has 1 atom stereocenters. The highest BCUT2D eigenvalue weighted by Gasteiger charge is 2.22. The van der Waals surface area contributed by atoms with Gasteiger partial charge in [0.15, 0.2) is 0 Å². The molecule has 2 heterocycles. The highest BCUT2D eigenvalue weighted by Crippen LogP contribution is 2.20. The Morgan fingerprint density at radius 1 is 1.48 bits per heavy atom. The fourth-order valence-corrected chi connectivity index (χ4v) is 2.53. The second-order valence-corrected chi connectivity index (χ2v) is 5.73. The molecular formula is C15H22N4O2. The average molecular weight is 290 g/mol. The van der Waals surface area contributed by atoms with Crippen LogP contribution in [0.1, 0.15) is 19.4 Å². The Bertz CT molecular complexity index is 513. The van der Waals surface area contributed by atoms with Gasteiger partial charge in [-0.05, 0) is 5.92 Å². The van der Waals surface area contributed by atoms with E-state index in [1.165, 1.54) is 4.90 Å². The molecule has 1 N–H and O–H groups in total. The minimum absolute atomic E-state index is 0.106. The molecule has 1 aromatic rings. The normalized spacial score (nSPS) is 18.4. The average Bonchev–Trinajstić information content (AvgIpc) is 2.87. The van der Waals surface area contributed by atoms with E-state index in [9.17, 15) is 4.79 Å². The zero-order chi connectivity index (χ0) is 15.4. The summed E-state index contributed by atoms with van der Waals surface area (Å²) in [4.78, 5) is 23.1. The molecule has 0 fully saturated rings. The number of aromatic nitrogens is 2. The molecule has 0 saturated heterocycles. The number of nitrogens with zero attached hydrogens (tertiary/aromatic N) is 4. The molecule has 1 aromatic heterocycles. The lowest BCUT2D eigenvalue weighted by Crippen LogP contribution is -2.33. The predicted octanol–water partition coefficient (Wildman–Crippen LogP) is 1.39. The number of hydrogen-bond donors (Lipinski definition) is 1. The van der Waals surface area contributed by atoms with Crippen molar-refractivity contribution in [2.24, 2.45) is 5.92 Å². The highest BCUT2D eigenvalue weighted by atomic mass is 16.4. The Morgan fingerprint density at radius 2 is 2.14 bits per heavy atom. The lowest BCUT2D eigenvalue weighted by Gasteiger charge is -2.27. The van der Waals surface area contributed by atoms with Crippen molar-refractivity contribution in [3.8, 4) is 0 Å². The van der Waals surface area contributed by atoms with Gasteiger partial charge in [-0.25, -0.2) is 9.97 Å². The van der Waals surface area contributed by atoms with Gasteiger partial charge in [-0.1, -0.05) is 26.0 Å². The fraction of sp³-hybridized carbons (Fsp3) is 0.533. The van der Waals surface area contributed by atoms with Gasteiger partial charge in [0.1, 0.15) is 6.54 Å². The Hall–Kier alpha value is -1.95. The molecule has 0 amide bonds. The Kier molecular flexibility index (Phi) is 4.90. The molecule has 0 aromatic carbocycles. The van der Waals surface area contributed by atoms with Crippen molar-refractivity contribution >= 4 is 11.9 Å². The molecule has 0 radical (unpaired) electrons. The molecule has 6 heteroatoms. The van der Waals surface area contributed by atoms with Crippen molar-refractivity contribution in [1.29, 1.82) is 0 Å². The lowest BCUT2D eigenvalue weighted by atomic mass is 10.0. The van der Waals surface area contributed by atoms with Gasteiger partial charge in [-0.3, -0.25) is 9.69 Å². The van der Waals surface area contributed by atoms with Gasteiger partial charge < -0.3 is 10.0 Å². The molecule has 0 spiro atoms. The summed E-state index contributed by atoms with van der Waals surface area (Å²) in [5.41, 5.74) is 1.04. The van der Waals surface area contributed by atoms with Crippen molar-refractivity contribution in [2.75, 3.05) is 25.0 Å². The molecule has 2 rings (SSSR count).